The highest BCUT2D eigenvalue weighted by atomic mass is 79.9. The Labute approximate surface area is 89.6 Å². The van der Waals surface area contributed by atoms with Crippen LogP contribution >= 0.6 is 27.5 Å². The lowest BCUT2D eigenvalue weighted by Gasteiger charge is -2.02. The van der Waals surface area contributed by atoms with Crippen molar-refractivity contribution >= 4 is 39.3 Å². The summed E-state index contributed by atoms with van der Waals surface area (Å²) >= 11 is 8.91. The van der Waals surface area contributed by atoms with Crippen LogP contribution in [0.5, 0.6) is 0 Å². The van der Waals surface area contributed by atoms with Gasteiger partial charge in [-0.2, -0.15) is 0 Å². The lowest BCUT2D eigenvalue weighted by atomic mass is 10.4. The molecule has 1 aromatic rings. The van der Waals surface area contributed by atoms with Crippen molar-refractivity contribution in [3.63, 3.8) is 0 Å². The quantitative estimate of drug-likeness (QED) is 0.833. The number of anilines is 1. The second-order valence-corrected chi connectivity index (χ2v) is 3.52. The van der Waals surface area contributed by atoms with Crippen LogP contribution < -0.4 is 5.32 Å². The van der Waals surface area contributed by atoms with Gasteiger partial charge in [0.15, 0.2) is 0 Å². The van der Waals surface area contributed by atoms with Crippen LogP contribution in [0.4, 0.5) is 5.82 Å². The fourth-order valence-corrected chi connectivity index (χ4v) is 1.50. The Morgan fingerprint density at radius 3 is 2.92 bits per heavy atom. The van der Waals surface area contributed by atoms with Crippen LogP contribution in [0.25, 0.3) is 0 Å². The van der Waals surface area contributed by atoms with Crippen molar-refractivity contribution in [1.29, 1.82) is 0 Å². The lowest BCUT2D eigenvalue weighted by Crippen LogP contribution is -2.11. The Morgan fingerprint density at radius 1 is 1.69 bits per heavy atom. The fraction of sp³-hybridized carbons (Fsp3) is 0.125. The standard InChI is InChI=1S/C8H7BrClN2O/c1-2-8(13)12-7-4-5(10)3-6(9)11-7/h2-4H,1H3,(H,11,12,13). The summed E-state index contributed by atoms with van der Waals surface area (Å²) in [4.78, 5) is 14.9. The van der Waals surface area contributed by atoms with Gasteiger partial charge in [0.1, 0.15) is 10.4 Å². The maximum absolute atomic E-state index is 10.9. The molecular weight excluding hydrogens is 255 g/mol. The summed E-state index contributed by atoms with van der Waals surface area (Å²) in [5.74, 6) is 0.226. The second-order valence-electron chi connectivity index (χ2n) is 2.27. The maximum Gasteiger partial charge on any atom is 0.229 e. The molecule has 69 valence electrons. The van der Waals surface area contributed by atoms with Crippen LogP contribution in [0.1, 0.15) is 6.92 Å². The molecule has 0 aromatic carbocycles. The Hall–Kier alpha value is -0.610. The number of halogens is 2. The van der Waals surface area contributed by atoms with Crippen molar-refractivity contribution in [2.75, 3.05) is 5.32 Å². The molecule has 0 aliphatic rings. The van der Waals surface area contributed by atoms with Gasteiger partial charge in [0.2, 0.25) is 5.91 Å². The molecule has 1 heterocycles. The van der Waals surface area contributed by atoms with Crippen LogP contribution in [0.2, 0.25) is 5.02 Å². The van der Waals surface area contributed by atoms with E-state index in [2.05, 4.69) is 26.2 Å². The molecule has 1 N–H and O–H groups in total. The topological polar surface area (TPSA) is 42.0 Å². The molecule has 0 aliphatic heterocycles. The largest absolute Gasteiger partial charge is 0.310 e. The molecular formula is C8H7BrClN2O. The van der Waals surface area contributed by atoms with Gasteiger partial charge in [-0.15, -0.1) is 0 Å². The molecule has 0 saturated heterocycles. The Bertz CT molecular complexity index is 310. The minimum Gasteiger partial charge on any atom is -0.310 e. The van der Waals surface area contributed by atoms with Gasteiger partial charge in [0.05, 0.1) is 0 Å². The van der Waals surface area contributed by atoms with Crippen molar-refractivity contribution in [3.8, 4) is 0 Å². The second kappa shape index (κ2) is 4.58. The third-order valence-electron chi connectivity index (χ3n) is 1.27. The summed E-state index contributed by atoms with van der Waals surface area (Å²) in [6, 6.07) is 3.22. The zero-order chi connectivity index (χ0) is 9.84. The zero-order valence-electron chi connectivity index (χ0n) is 6.84. The molecule has 1 amide bonds. The first-order valence-electron chi connectivity index (χ1n) is 3.55. The van der Waals surface area contributed by atoms with Crippen molar-refractivity contribution in [1.82, 2.24) is 4.98 Å². The van der Waals surface area contributed by atoms with Crippen LogP contribution in [0, 0.1) is 6.42 Å². The van der Waals surface area contributed by atoms with Gasteiger partial charge in [-0.25, -0.2) is 4.98 Å². The molecule has 0 spiro atoms. The molecule has 0 aliphatic carbocycles. The number of pyridine rings is 1. The number of rotatable bonds is 2. The molecule has 1 radical (unpaired) electrons. The summed E-state index contributed by atoms with van der Waals surface area (Å²) in [6.45, 7) is 1.65. The van der Waals surface area contributed by atoms with E-state index in [1.54, 1.807) is 19.1 Å². The van der Waals surface area contributed by atoms with E-state index in [9.17, 15) is 4.79 Å². The number of aromatic nitrogens is 1. The summed E-state index contributed by atoms with van der Waals surface area (Å²) in [5.41, 5.74) is 0. The summed E-state index contributed by atoms with van der Waals surface area (Å²) in [6.07, 6.45) is 1.41. The van der Waals surface area contributed by atoms with Crippen LogP contribution in [0.15, 0.2) is 16.7 Å². The van der Waals surface area contributed by atoms with E-state index < -0.39 is 0 Å². The van der Waals surface area contributed by atoms with Gasteiger partial charge < -0.3 is 5.32 Å². The summed E-state index contributed by atoms with van der Waals surface area (Å²) < 4.78 is 0.589. The van der Waals surface area contributed by atoms with Crippen molar-refractivity contribution in [2.24, 2.45) is 0 Å². The highest BCUT2D eigenvalue weighted by molar-refractivity contribution is 9.10. The van der Waals surface area contributed by atoms with Gasteiger partial charge in [-0.05, 0) is 28.1 Å². The zero-order valence-corrected chi connectivity index (χ0v) is 9.19. The van der Waals surface area contributed by atoms with Crippen LogP contribution in [0.3, 0.4) is 0 Å². The predicted octanol–water partition coefficient (Wildman–Crippen LogP) is 2.66. The summed E-state index contributed by atoms with van der Waals surface area (Å²) in [7, 11) is 0. The van der Waals surface area contributed by atoms with E-state index in [1.165, 1.54) is 6.42 Å². The molecule has 5 heteroatoms. The number of nitrogens with zero attached hydrogens (tertiary/aromatic N) is 1. The number of amides is 1. The third-order valence-corrected chi connectivity index (χ3v) is 1.90. The smallest absolute Gasteiger partial charge is 0.229 e. The van der Waals surface area contributed by atoms with E-state index in [-0.39, 0.29) is 5.91 Å². The van der Waals surface area contributed by atoms with E-state index in [4.69, 9.17) is 11.6 Å². The first-order chi connectivity index (χ1) is 6.11. The normalized spacial score (nSPS) is 9.77. The maximum atomic E-state index is 10.9. The lowest BCUT2D eigenvalue weighted by molar-refractivity contribution is -0.113. The van der Waals surface area contributed by atoms with Crippen molar-refractivity contribution in [3.05, 3.63) is 28.2 Å². The highest BCUT2D eigenvalue weighted by Gasteiger charge is 2.02. The van der Waals surface area contributed by atoms with Crippen molar-refractivity contribution in [2.45, 2.75) is 6.92 Å². The molecule has 1 aromatic heterocycles. The molecule has 3 nitrogen and oxygen atoms in total. The molecule has 0 unspecified atom stereocenters. The van der Waals surface area contributed by atoms with E-state index in [0.29, 0.717) is 15.4 Å². The molecule has 0 atom stereocenters. The SMILES string of the molecule is C[CH]C(=O)Nc1cc(Cl)cc(Br)n1. The number of hydrogen-bond acceptors (Lipinski definition) is 2. The third kappa shape index (κ3) is 3.32. The predicted molar refractivity (Wildman–Crippen MR) is 55.6 cm³/mol. The Morgan fingerprint density at radius 2 is 2.38 bits per heavy atom. The first kappa shape index (κ1) is 10.5. The molecule has 0 saturated carbocycles. The van der Waals surface area contributed by atoms with Gasteiger partial charge >= 0.3 is 0 Å². The van der Waals surface area contributed by atoms with E-state index >= 15 is 0 Å². The van der Waals surface area contributed by atoms with Crippen LogP contribution in [-0.4, -0.2) is 10.9 Å². The number of hydrogen-bond donors (Lipinski definition) is 1. The van der Waals surface area contributed by atoms with Gasteiger partial charge in [0, 0.05) is 11.4 Å². The number of carbonyl (C=O) groups excluding carboxylic acids is 1. The highest BCUT2D eigenvalue weighted by Crippen LogP contribution is 2.18. The molecule has 13 heavy (non-hydrogen) atoms. The monoisotopic (exact) mass is 261 g/mol. The minimum absolute atomic E-state index is 0.207. The molecule has 1 rings (SSSR count). The van der Waals surface area contributed by atoms with Crippen LogP contribution in [-0.2, 0) is 4.79 Å². The average Bonchev–Trinajstić information content (AvgIpc) is 2.02. The van der Waals surface area contributed by atoms with E-state index in [0.717, 1.165) is 0 Å². The first-order valence-corrected chi connectivity index (χ1v) is 4.72. The molecule has 0 fully saturated rings. The summed E-state index contributed by atoms with van der Waals surface area (Å²) in [5, 5.41) is 3.07. The van der Waals surface area contributed by atoms with Crippen molar-refractivity contribution < 1.29 is 4.79 Å². The minimum atomic E-state index is -0.207. The average molecular weight is 263 g/mol. The Balaban J connectivity index is 2.83. The Kier molecular flexibility index (Phi) is 3.69. The van der Waals surface area contributed by atoms with Gasteiger partial charge in [-0.1, -0.05) is 18.5 Å². The van der Waals surface area contributed by atoms with Gasteiger partial charge in [-0.3, -0.25) is 4.79 Å². The number of carbonyl (C=O) groups is 1. The van der Waals surface area contributed by atoms with E-state index in [1.807, 2.05) is 0 Å². The number of nitrogens with one attached hydrogen (secondary N) is 1. The fourth-order valence-electron chi connectivity index (χ4n) is 0.728. The van der Waals surface area contributed by atoms with Gasteiger partial charge in [0.25, 0.3) is 0 Å². The molecule has 0 bridgehead atoms.